The third-order valence-corrected chi connectivity index (χ3v) is 5.82. The van der Waals surface area contributed by atoms with E-state index in [1.807, 2.05) is 6.20 Å². The van der Waals surface area contributed by atoms with Gasteiger partial charge in [0.2, 0.25) is 0 Å². The summed E-state index contributed by atoms with van der Waals surface area (Å²) in [6.07, 6.45) is 7.40. The van der Waals surface area contributed by atoms with Crippen LogP contribution in [-0.2, 0) is 19.6 Å². The summed E-state index contributed by atoms with van der Waals surface area (Å²) in [5, 5.41) is 4.59. The van der Waals surface area contributed by atoms with Gasteiger partial charge in [0.05, 0.1) is 22.8 Å². The first-order valence-electron chi connectivity index (χ1n) is 8.16. The van der Waals surface area contributed by atoms with E-state index in [-0.39, 0.29) is 23.9 Å². The highest BCUT2D eigenvalue weighted by Gasteiger charge is 2.52. The first-order valence-corrected chi connectivity index (χ1v) is 8.16. The molecule has 2 heterocycles. The Kier molecular flexibility index (Phi) is 3.70. The number of methoxy groups -OCH3 is 1. The first kappa shape index (κ1) is 16.0. The molecule has 0 atom stereocenters. The van der Waals surface area contributed by atoms with Gasteiger partial charge in [-0.05, 0) is 47.0 Å². The normalized spacial score (nSPS) is 33.0. The van der Waals surface area contributed by atoms with Crippen LogP contribution in [0.5, 0.6) is 0 Å². The van der Waals surface area contributed by atoms with Crippen molar-refractivity contribution >= 4 is 12.6 Å². The van der Waals surface area contributed by atoms with E-state index in [1.165, 1.54) is 0 Å². The molecule has 1 saturated heterocycles. The molecule has 5 nitrogen and oxygen atoms in total. The van der Waals surface area contributed by atoms with Gasteiger partial charge in [0, 0.05) is 25.0 Å². The Morgan fingerprint density at radius 2 is 1.86 bits per heavy atom. The molecule has 0 bridgehead atoms. The number of nitrogens with zero attached hydrogens (tertiary/aromatic N) is 2. The van der Waals surface area contributed by atoms with Crippen molar-refractivity contribution in [2.24, 2.45) is 0 Å². The van der Waals surface area contributed by atoms with E-state index in [4.69, 9.17) is 14.0 Å². The first-order chi connectivity index (χ1) is 10.2. The molecular weight excluding hydrogens is 279 g/mol. The van der Waals surface area contributed by atoms with Crippen LogP contribution < -0.4 is 5.46 Å². The van der Waals surface area contributed by atoms with Crippen molar-refractivity contribution in [3.05, 3.63) is 12.4 Å². The van der Waals surface area contributed by atoms with Crippen molar-refractivity contribution in [3.63, 3.8) is 0 Å². The lowest BCUT2D eigenvalue weighted by Crippen LogP contribution is -2.50. The molecule has 2 aliphatic rings. The summed E-state index contributed by atoms with van der Waals surface area (Å²) in [7, 11) is 1.44. The molecule has 0 aromatic carbocycles. The lowest BCUT2D eigenvalue weighted by molar-refractivity contribution is -0.0583. The van der Waals surface area contributed by atoms with Crippen LogP contribution in [0.2, 0.25) is 0 Å². The van der Waals surface area contributed by atoms with Crippen LogP contribution in [0, 0.1) is 0 Å². The van der Waals surface area contributed by atoms with Crippen molar-refractivity contribution in [2.45, 2.75) is 76.7 Å². The van der Waals surface area contributed by atoms with E-state index in [0.29, 0.717) is 6.10 Å². The predicted molar refractivity (Wildman–Crippen MR) is 86.2 cm³/mol. The van der Waals surface area contributed by atoms with Crippen molar-refractivity contribution in [1.29, 1.82) is 0 Å². The van der Waals surface area contributed by atoms with Gasteiger partial charge in [-0.3, -0.25) is 4.68 Å². The van der Waals surface area contributed by atoms with Crippen molar-refractivity contribution in [1.82, 2.24) is 9.78 Å². The van der Waals surface area contributed by atoms with Gasteiger partial charge in [-0.25, -0.2) is 0 Å². The van der Waals surface area contributed by atoms with Gasteiger partial charge in [0.15, 0.2) is 0 Å². The Morgan fingerprint density at radius 1 is 1.27 bits per heavy atom. The van der Waals surface area contributed by atoms with Gasteiger partial charge in [-0.1, -0.05) is 6.92 Å². The van der Waals surface area contributed by atoms with Gasteiger partial charge in [-0.15, -0.1) is 0 Å². The molecule has 0 radical (unpaired) electrons. The van der Waals surface area contributed by atoms with Crippen LogP contribution in [0.4, 0.5) is 0 Å². The fourth-order valence-electron chi connectivity index (χ4n) is 3.29. The molecule has 1 aromatic rings. The van der Waals surface area contributed by atoms with Crippen molar-refractivity contribution in [2.75, 3.05) is 7.11 Å². The summed E-state index contributed by atoms with van der Waals surface area (Å²) in [5.41, 5.74) is 0.440. The van der Waals surface area contributed by atoms with Gasteiger partial charge >= 0.3 is 7.12 Å². The second-order valence-electron chi connectivity index (χ2n) is 7.65. The SMILES string of the molecule is CCC1(n2cc(B3OC(C)(C)C(C)(C)O3)cn2)CC(OC)C1. The zero-order chi connectivity index (χ0) is 16.2. The number of aromatic nitrogens is 2. The predicted octanol–water partition coefficient (Wildman–Crippen LogP) is 2.10. The topological polar surface area (TPSA) is 45.5 Å². The molecule has 0 spiro atoms. The maximum Gasteiger partial charge on any atom is 0.498 e. The minimum atomic E-state index is -0.342. The zero-order valence-corrected chi connectivity index (χ0v) is 14.5. The fraction of sp³-hybridized carbons (Fsp3) is 0.812. The molecule has 1 aliphatic heterocycles. The molecule has 1 saturated carbocycles. The molecule has 0 N–H and O–H groups in total. The van der Waals surface area contributed by atoms with Crippen LogP contribution in [0.3, 0.4) is 0 Å². The van der Waals surface area contributed by atoms with Gasteiger partial charge in [0.1, 0.15) is 0 Å². The van der Waals surface area contributed by atoms with Crippen LogP contribution in [-0.4, -0.2) is 41.3 Å². The van der Waals surface area contributed by atoms with Gasteiger partial charge in [-0.2, -0.15) is 5.10 Å². The minimum Gasteiger partial charge on any atom is -0.399 e. The second-order valence-corrected chi connectivity index (χ2v) is 7.65. The molecule has 0 amide bonds. The molecule has 3 rings (SSSR count). The van der Waals surface area contributed by atoms with Crippen LogP contribution >= 0.6 is 0 Å². The Balaban J connectivity index is 1.78. The lowest BCUT2D eigenvalue weighted by Gasteiger charge is -2.46. The zero-order valence-electron chi connectivity index (χ0n) is 14.5. The van der Waals surface area contributed by atoms with E-state index in [9.17, 15) is 0 Å². The third-order valence-electron chi connectivity index (χ3n) is 5.82. The molecule has 2 fully saturated rings. The molecule has 122 valence electrons. The summed E-state index contributed by atoms with van der Waals surface area (Å²) in [4.78, 5) is 0. The second kappa shape index (κ2) is 5.08. The number of rotatable bonds is 4. The van der Waals surface area contributed by atoms with Gasteiger partial charge < -0.3 is 14.0 Å². The van der Waals surface area contributed by atoms with E-state index in [0.717, 1.165) is 24.7 Å². The minimum absolute atomic E-state index is 0.0859. The highest BCUT2D eigenvalue weighted by molar-refractivity contribution is 6.62. The third kappa shape index (κ3) is 2.32. The van der Waals surface area contributed by atoms with Crippen molar-refractivity contribution < 1.29 is 14.0 Å². The number of hydrogen-bond donors (Lipinski definition) is 0. The molecule has 6 heteroatoms. The maximum absolute atomic E-state index is 6.10. The molecule has 1 aromatic heterocycles. The summed E-state index contributed by atoms with van der Waals surface area (Å²) in [5.74, 6) is 0. The van der Waals surface area contributed by atoms with Crippen LogP contribution in [0.25, 0.3) is 0 Å². The average molecular weight is 306 g/mol. The van der Waals surface area contributed by atoms with E-state index < -0.39 is 0 Å². The number of hydrogen-bond acceptors (Lipinski definition) is 4. The van der Waals surface area contributed by atoms with E-state index >= 15 is 0 Å². The Hall–Kier alpha value is -0.845. The summed E-state index contributed by atoms with van der Waals surface area (Å²) >= 11 is 0. The molecule has 1 aliphatic carbocycles. The maximum atomic E-state index is 6.10. The highest BCUT2D eigenvalue weighted by Crippen LogP contribution is 2.43. The fourth-order valence-corrected chi connectivity index (χ4v) is 3.29. The quantitative estimate of drug-likeness (QED) is 0.799. The summed E-state index contributed by atoms with van der Waals surface area (Å²) < 4.78 is 19.7. The highest BCUT2D eigenvalue weighted by atomic mass is 16.7. The molecule has 0 unspecified atom stereocenters. The van der Waals surface area contributed by atoms with Crippen molar-refractivity contribution in [3.8, 4) is 0 Å². The van der Waals surface area contributed by atoms with E-state index in [1.54, 1.807) is 7.11 Å². The van der Waals surface area contributed by atoms with Gasteiger partial charge in [0.25, 0.3) is 0 Å². The molecule has 22 heavy (non-hydrogen) atoms. The monoisotopic (exact) mass is 306 g/mol. The summed E-state index contributed by atoms with van der Waals surface area (Å²) in [6.45, 7) is 10.5. The number of ether oxygens (including phenoxy) is 1. The molecular formula is C16H27BN2O3. The smallest absolute Gasteiger partial charge is 0.399 e. The Morgan fingerprint density at radius 3 is 2.36 bits per heavy atom. The van der Waals surface area contributed by atoms with Crippen LogP contribution in [0.1, 0.15) is 53.9 Å². The lowest BCUT2D eigenvalue weighted by atomic mass is 9.72. The standard InChI is InChI=1S/C16H27BN2O3/c1-7-16(8-13(9-16)20-6)19-11-12(10-18-19)17-21-14(2,3)15(4,5)22-17/h10-11,13H,7-9H2,1-6H3. The van der Waals surface area contributed by atoms with E-state index in [2.05, 4.69) is 50.6 Å². The van der Waals surface area contributed by atoms with Crippen LogP contribution in [0.15, 0.2) is 12.4 Å². The Labute approximate surface area is 133 Å². The average Bonchev–Trinajstić information content (AvgIpc) is 2.94. The largest absolute Gasteiger partial charge is 0.498 e. The summed E-state index contributed by atoms with van der Waals surface area (Å²) in [6, 6.07) is 0. The Bertz CT molecular complexity index is 533.